The first-order valence-electron chi connectivity index (χ1n) is 9.50. The minimum atomic E-state index is -0.992. The predicted molar refractivity (Wildman–Crippen MR) is 93.8 cm³/mol. The van der Waals surface area contributed by atoms with E-state index in [-0.39, 0.29) is 5.41 Å². The van der Waals surface area contributed by atoms with Crippen LogP contribution in [0.5, 0.6) is 0 Å². The van der Waals surface area contributed by atoms with Crippen molar-refractivity contribution < 1.29 is 19.8 Å². The molecule has 0 aromatic heterocycles. The summed E-state index contributed by atoms with van der Waals surface area (Å²) in [5, 5.41) is 19.0. The summed E-state index contributed by atoms with van der Waals surface area (Å²) in [6, 6.07) is -1.74. The Bertz CT molecular complexity index is 524. The number of aliphatic carboxylic acids is 2. The van der Waals surface area contributed by atoms with Gasteiger partial charge in [0, 0.05) is 0 Å². The van der Waals surface area contributed by atoms with Crippen molar-refractivity contribution in [3.05, 3.63) is 12.2 Å². The second-order valence-electron chi connectivity index (χ2n) is 8.46. The first kappa shape index (κ1) is 18.4. The normalized spacial score (nSPS) is 35.3. The Hall–Kier alpha value is -1.40. The van der Waals surface area contributed by atoms with E-state index in [4.69, 9.17) is 0 Å². The van der Waals surface area contributed by atoms with Gasteiger partial charge in [0.1, 0.15) is 12.1 Å². The van der Waals surface area contributed by atoms with Crippen LogP contribution in [0.15, 0.2) is 12.2 Å². The standard InChI is InChI=1S/C19H30N2O4/c1-3-4-15(17(22)23)20-21-16(18(24)25)11(2)19-8-12-5-13(9-19)7-14(6-12)10-19/h12-16,20-21H,2-10H2,1H3,(H,22,23)(H,24,25)/t12?,13?,14?,15-,16?,19?/m0/s1. The minimum absolute atomic E-state index is 0.0873. The number of nitrogens with one attached hydrogen (secondary N) is 2. The fraction of sp³-hybridized carbons (Fsp3) is 0.789. The lowest BCUT2D eigenvalue weighted by atomic mass is 9.47. The third-order valence-electron chi connectivity index (χ3n) is 6.59. The molecule has 4 N–H and O–H groups in total. The van der Waals surface area contributed by atoms with Crippen molar-refractivity contribution in [1.82, 2.24) is 10.9 Å². The van der Waals surface area contributed by atoms with E-state index >= 15 is 0 Å². The van der Waals surface area contributed by atoms with Crippen LogP contribution in [0.2, 0.25) is 0 Å². The van der Waals surface area contributed by atoms with Crippen LogP contribution in [-0.2, 0) is 9.59 Å². The van der Waals surface area contributed by atoms with E-state index in [2.05, 4.69) is 17.4 Å². The lowest BCUT2D eigenvalue weighted by Crippen LogP contribution is -2.57. The zero-order valence-corrected chi connectivity index (χ0v) is 15.0. The summed E-state index contributed by atoms with van der Waals surface area (Å²) in [5.74, 6) is 0.152. The fourth-order valence-electron chi connectivity index (χ4n) is 5.84. The van der Waals surface area contributed by atoms with E-state index in [1.807, 2.05) is 6.92 Å². The molecule has 140 valence electrons. The maximum Gasteiger partial charge on any atom is 0.326 e. The monoisotopic (exact) mass is 350 g/mol. The van der Waals surface area contributed by atoms with E-state index < -0.39 is 24.0 Å². The maximum atomic E-state index is 11.9. The minimum Gasteiger partial charge on any atom is -0.480 e. The number of hydrazine groups is 1. The summed E-state index contributed by atoms with van der Waals surface area (Å²) >= 11 is 0. The molecular formula is C19H30N2O4. The van der Waals surface area contributed by atoms with Gasteiger partial charge in [-0.25, -0.2) is 10.9 Å². The molecule has 0 radical (unpaired) electrons. The molecule has 4 aliphatic carbocycles. The van der Waals surface area contributed by atoms with E-state index in [1.165, 1.54) is 19.3 Å². The molecule has 1 unspecified atom stereocenters. The summed E-state index contributed by atoms with van der Waals surface area (Å²) in [7, 11) is 0. The highest BCUT2D eigenvalue weighted by Crippen LogP contribution is 2.62. The van der Waals surface area contributed by atoms with Crippen LogP contribution in [0.1, 0.15) is 58.3 Å². The van der Waals surface area contributed by atoms with Gasteiger partial charge in [-0.3, -0.25) is 9.59 Å². The lowest BCUT2D eigenvalue weighted by Gasteiger charge is -2.58. The largest absolute Gasteiger partial charge is 0.480 e. The van der Waals surface area contributed by atoms with Gasteiger partial charge in [0.05, 0.1) is 0 Å². The highest BCUT2D eigenvalue weighted by atomic mass is 16.4. The van der Waals surface area contributed by atoms with Gasteiger partial charge in [-0.2, -0.15) is 0 Å². The van der Waals surface area contributed by atoms with E-state index in [9.17, 15) is 19.8 Å². The topological polar surface area (TPSA) is 98.7 Å². The molecule has 0 spiro atoms. The van der Waals surface area contributed by atoms with Crippen molar-refractivity contribution in [1.29, 1.82) is 0 Å². The lowest BCUT2D eigenvalue weighted by molar-refractivity contribution is -0.143. The van der Waals surface area contributed by atoms with Gasteiger partial charge in [-0.15, -0.1) is 0 Å². The second-order valence-corrected chi connectivity index (χ2v) is 8.46. The third-order valence-corrected chi connectivity index (χ3v) is 6.59. The summed E-state index contributed by atoms with van der Waals surface area (Å²) in [6.07, 6.45) is 8.13. The molecule has 25 heavy (non-hydrogen) atoms. The Balaban J connectivity index is 1.71. The van der Waals surface area contributed by atoms with Gasteiger partial charge in [0.15, 0.2) is 0 Å². The van der Waals surface area contributed by atoms with Gasteiger partial charge < -0.3 is 10.2 Å². The highest BCUT2D eigenvalue weighted by Gasteiger charge is 2.53. The molecule has 6 nitrogen and oxygen atoms in total. The van der Waals surface area contributed by atoms with E-state index in [0.29, 0.717) is 30.6 Å². The maximum absolute atomic E-state index is 11.9. The van der Waals surface area contributed by atoms with E-state index in [0.717, 1.165) is 24.8 Å². The zero-order valence-electron chi connectivity index (χ0n) is 15.0. The van der Waals surface area contributed by atoms with Crippen molar-refractivity contribution >= 4 is 11.9 Å². The van der Waals surface area contributed by atoms with Crippen LogP contribution in [-0.4, -0.2) is 34.2 Å². The summed E-state index contributed by atoms with van der Waals surface area (Å²) in [6.45, 7) is 6.11. The molecule has 0 aromatic rings. The van der Waals surface area contributed by atoms with Gasteiger partial charge in [-0.05, 0) is 73.7 Å². The number of hydrogen-bond acceptors (Lipinski definition) is 4. The Morgan fingerprint density at radius 3 is 1.96 bits per heavy atom. The summed E-state index contributed by atoms with van der Waals surface area (Å²) in [5.41, 5.74) is 6.15. The Kier molecular flexibility index (Phi) is 5.21. The smallest absolute Gasteiger partial charge is 0.326 e. The van der Waals surface area contributed by atoms with E-state index in [1.54, 1.807) is 0 Å². The van der Waals surface area contributed by atoms with Gasteiger partial charge in [0.2, 0.25) is 0 Å². The Morgan fingerprint density at radius 1 is 1.04 bits per heavy atom. The molecule has 6 heteroatoms. The molecule has 4 aliphatic rings. The summed E-state index contributed by atoms with van der Waals surface area (Å²) in [4.78, 5) is 23.2. The quantitative estimate of drug-likeness (QED) is 0.377. The molecule has 2 atom stereocenters. The van der Waals surface area contributed by atoms with Crippen LogP contribution in [0.3, 0.4) is 0 Å². The Labute approximate surface area is 149 Å². The molecule has 0 aliphatic heterocycles. The molecule has 0 saturated heterocycles. The number of carboxylic acid groups (broad SMARTS) is 2. The second kappa shape index (κ2) is 7.08. The Morgan fingerprint density at radius 2 is 1.56 bits per heavy atom. The molecule has 4 bridgehead atoms. The van der Waals surface area contributed by atoms with Gasteiger partial charge in [0.25, 0.3) is 0 Å². The third kappa shape index (κ3) is 3.60. The van der Waals surface area contributed by atoms with Crippen LogP contribution in [0, 0.1) is 23.2 Å². The van der Waals surface area contributed by atoms with Crippen LogP contribution < -0.4 is 10.9 Å². The van der Waals surface area contributed by atoms with Crippen LogP contribution in [0.4, 0.5) is 0 Å². The van der Waals surface area contributed by atoms with Crippen molar-refractivity contribution in [3.8, 4) is 0 Å². The molecular weight excluding hydrogens is 320 g/mol. The summed E-state index contributed by atoms with van der Waals surface area (Å²) < 4.78 is 0. The van der Waals surface area contributed by atoms with Gasteiger partial charge >= 0.3 is 11.9 Å². The van der Waals surface area contributed by atoms with Crippen molar-refractivity contribution in [2.75, 3.05) is 0 Å². The molecule has 4 rings (SSSR count). The molecule has 4 fully saturated rings. The number of hydrogen-bond donors (Lipinski definition) is 4. The zero-order chi connectivity index (χ0) is 18.2. The first-order chi connectivity index (χ1) is 11.8. The number of rotatable bonds is 9. The van der Waals surface area contributed by atoms with Crippen LogP contribution in [0.25, 0.3) is 0 Å². The average molecular weight is 350 g/mol. The predicted octanol–water partition coefficient (Wildman–Crippen LogP) is 2.56. The highest BCUT2D eigenvalue weighted by molar-refractivity contribution is 5.78. The molecule has 0 amide bonds. The molecule has 0 aromatic carbocycles. The fourth-order valence-corrected chi connectivity index (χ4v) is 5.84. The van der Waals surface area contributed by atoms with Crippen molar-refractivity contribution in [2.45, 2.75) is 70.4 Å². The van der Waals surface area contributed by atoms with Crippen LogP contribution >= 0.6 is 0 Å². The number of carboxylic acids is 2. The molecule has 4 saturated carbocycles. The van der Waals surface area contributed by atoms with Gasteiger partial charge in [-0.1, -0.05) is 19.9 Å². The number of carbonyl (C=O) groups is 2. The van der Waals surface area contributed by atoms with Crippen molar-refractivity contribution in [2.24, 2.45) is 23.2 Å². The SMILES string of the molecule is C=C(C(NN[C@@H](CCC)C(=O)O)C(=O)O)C12CC3CC(CC(C3)C1)C2. The van der Waals surface area contributed by atoms with Crippen molar-refractivity contribution in [3.63, 3.8) is 0 Å². The molecule has 0 heterocycles. The first-order valence-corrected chi connectivity index (χ1v) is 9.50. The average Bonchev–Trinajstić information content (AvgIpc) is 2.52.